The molecule has 1 N–H and O–H groups in total. The van der Waals surface area contributed by atoms with Gasteiger partial charge in [-0.3, -0.25) is 4.79 Å². The van der Waals surface area contributed by atoms with E-state index in [1.807, 2.05) is 12.3 Å². The Hall–Kier alpha value is -2.93. The Morgan fingerprint density at radius 1 is 1.03 bits per heavy atom. The van der Waals surface area contributed by atoms with E-state index >= 15 is 0 Å². The van der Waals surface area contributed by atoms with Gasteiger partial charge in [-0.1, -0.05) is 25.3 Å². The Bertz CT molecular complexity index is 1110. The van der Waals surface area contributed by atoms with Gasteiger partial charge in [0.05, 0.1) is 5.39 Å². The van der Waals surface area contributed by atoms with Gasteiger partial charge in [0.2, 0.25) is 5.95 Å². The molecular weight excluding hydrogens is 388 g/mol. The van der Waals surface area contributed by atoms with E-state index in [4.69, 9.17) is 4.98 Å². The van der Waals surface area contributed by atoms with Gasteiger partial charge in [-0.05, 0) is 38.1 Å². The number of nitrogens with one attached hydrogen (secondary N) is 1. The molecule has 1 aliphatic carbocycles. The van der Waals surface area contributed by atoms with Crippen molar-refractivity contribution < 1.29 is 0 Å². The van der Waals surface area contributed by atoms with Gasteiger partial charge in [0.1, 0.15) is 5.65 Å². The van der Waals surface area contributed by atoms with Crippen LogP contribution < -0.4 is 15.6 Å². The summed E-state index contributed by atoms with van der Waals surface area (Å²) in [7, 11) is 2.17. The van der Waals surface area contributed by atoms with E-state index in [1.54, 1.807) is 12.3 Å². The zero-order chi connectivity index (χ0) is 21.2. The van der Waals surface area contributed by atoms with Crippen LogP contribution in [0.5, 0.6) is 0 Å². The lowest BCUT2D eigenvalue weighted by molar-refractivity contribution is 0.313. The second-order valence-corrected chi connectivity index (χ2v) is 8.78. The number of anilines is 3. The Labute approximate surface area is 182 Å². The Morgan fingerprint density at radius 2 is 1.84 bits per heavy atom. The lowest BCUT2D eigenvalue weighted by Crippen LogP contribution is -2.44. The number of aromatic nitrogens is 3. The second-order valence-electron chi connectivity index (χ2n) is 8.78. The number of hydrogen-bond acceptors (Lipinski definition) is 6. The quantitative estimate of drug-likeness (QED) is 0.695. The molecule has 0 spiro atoms. The molecule has 1 aliphatic heterocycles. The lowest BCUT2D eigenvalue weighted by Gasteiger charge is -2.34. The topological polar surface area (TPSA) is 66.3 Å². The highest BCUT2D eigenvalue weighted by Gasteiger charge is 2.18. The van der Waals surface area contributed by atoms with E-state index in [2.05, 4.69) is 49.9 Å². The molecule has 2 aliphatic rings. The van der Waals surface area contributed by atoms with Crippen molar-refractivity contribution in [3.05, 3.63) is 52.9 Å². The third-order valence-corrected chi connectivity index (χ3v) is 6.60. The summed E-state index contributed by atoms with van der Waals surface area (Å²) in [5.74, 6) is 0.526. The fourth-order valence-corrected chi connectivity index (χ4v) is 4.74. The van der Waals surface area contributed by atoms with E-state index in [0.29, 0.717) is 17.4 Å². The van der Waals surface area contributed by atoms with Crippen molar-refractivity contribution >= 4 is 28.4 Å². The van der Waals surface area contributed by atoms with E-state index < -0.39 is 0 Å². The van der Waals surface area contributed by atoms with Crippen molar-refractivity contribution in [2.24, 2.45) is 0 Å². The van der Waals surface area contributed by atoms with Gasteiger partial charge < -0.3 is 19.7 Å². The molecule has 7 nitrogen and oxygen atoms in total. The third kappa shape index (κ3) is 4.28. The van der Waals surface area contributed by atoms with Crippen LogP contribution in [-0.4, -0.2) is 52.7 Å². The molecule has 162 valence electrons. The van der Waals surface area contributed by atoms with Crippen molar-refractivity contribution in [1.29, 1.82) is 0 Å². The maximum absolute atomic E-state index is 12.4. The smallest absolute Gasteiger partial charge is 0.229 e. The highest BCUT2D eigenvalue weighted by molar-refractivity contribution is 5.76. The molecule has 1 saturated heterocycles. The number of pyridine rings is 1. The van der Waals surface area contributed by atoms with Crippen LogP contribution in [0.4, 0.5) is 17.3 Å². The highest BCUT2D eigenvalue weighted by atomic mass is 16.1. The third-order valence-electron chi connectivity index (χ3n) is 6.60. The summed E-state index contributed by atoms with van der Waals surface area (Å²) in [6, 6.07) is 10.4. The molecule has 1 saturated carbocycles. The van der Waals surface area contributed by atoms with Gasteiger partial charge >= 0.3 is 0 Å². The zero-order valence-corrected chi connectivity index (χ0v) is 18.1. The van der Waals surface area contributed by atoms with Crippen molar-refractivity contribution in [2.75, 3.05) is 43.4 Å². The fourth-order valence-electron chi connectivity index (χ4n) is 4.74. The van der Waals surface area contributed by atoms with Gasteiger partial charge in [-0.25, -0.2) is 4.98 Å². The molecule has 2 aromatic heterocycles. The van der Waals surface area contributed by atoms with Gasteiger partial charge in [-0.2, -0.15) is 4.98 Å². The van der Waals surface area contributed by atoms with Gasteiger partial charge in [-0.15, -0.1) is 0 Å². The Balaban J connectivity index is 1.43. The van der Waals surface area contributed by atoms with Gasteiger partial charge in [0.15, 0.2) is 5.43 Å². The first kappa shape index (κ1) is 20.0. The molecule has 2 fully saturated rings. The van der Waals surface area contributed by atoms with Crippen molar-refractivity contribution in [3.8, 4) is 0 Å². The molecule has 7 heteroatoms. The molecule has 5 rings (SSSR count). The predicted molar refractivity (Wildman–Crippen MR) is 125 cm³/mol. The average Bonchev–Trinajstić information content (AvgIpc) is 2.81. The predicted octanol–water partition coefficient (Wildman–Crippen LogP) is 3.79. The van der Waals surface area contributed by atoms with Crippen molar-refractivity contribution in [1.82, 2.24) is 19.4 Å². The maximum Gasteiger partial charge on any atom is 0.229 e. The van der Waals surface area contributed by atoms with Crippen LogP contribution in [0.2, 0.25) is 0 Å². The summed E-state index contributed by atoms with van der Waals surface area (Å²) in [6.45, 7) is 4.20. The normalized spacial score (nSPS) is 18.4. The number of likely N-dealkylation sites (N-methyl/N-ethyl adjacent to an activating group) is 1. The van der Waals surface area contributed by atoms with Gasteiger partial charge in [0, 0.05) is 62.1 Å². The van der Waals surface area contributed by atoms with Crippen LogP contribution >= 0.6 is 0 Å². The van der Waals surface area contributed by atoms with E-state index in [0.717, 1.165) is 50.4 Å². The lowest BCUT2D eigenvalue weighted by atomic mass is 9.95. The van der Waals surface area contributed by atoms with E-state index in [1.165, 1.54) is 24.9 Å². The summed E-state index contributed by atoms with van der Waals surface area (Å²) in [6.07, 6.45) is 9.60. The molecule has 0 radical (unpaired) electrons. The standard InChI is InChI=1S/C24H30N6O/c1-28-12-14-29(15-13-28)20-9-5-6-18(16-20)26-24-25-17-21-22(31)10-11-30(23(21)27-24)19-7-3-2-4-8-19/h5-6,9-11,16-17,19H,2-4,7-8,12-15H2,1H3,(H,25,26,27). The summed E-state index contributed by atoms with van der Waals surface area (Å²) >= 11 is 0. The minimum absolute atomic E-state index is 0.0225. The molecule has 0 bridgehead atoms. The number of piperazine rings is 1. The molecule has 3 heterocycles. The average molecular weight is 419 g/mol. The minimum atomic E-state index is -0.0225. The number of rotatable bonds is 4. The van der Waals surface area contributed by atoms with E-state index in [9.17, 15) is 4.79 Å². The summed E-state index contributed by atoms with van der Waals surface area (Å²) in [5, 5.41) is 3.95. The van der Waals surface area contributed by atoms with Crippen LogP contribution in [0, 0.1) is 0 Å². The molecule has 0 atom stereocenters. The van der Waals surface area contributed by atoms with Crippen molar-refractivity contribution in [3.63, 3.8) is 0 Å². The first-order valence-electron chi connectivity index (χ1n) is 11.4. The maximum atomic E-state index is 12.4. The second kappa shape index (κ2) is 8.67. The zero-order valence-electron chi connectivity index (χ0n) is 18.1. The van der Waals surface area contributed by atoms with E-state index in [-0.39, 0.29) is 5.43 Å². The SMILES string of the molecule is CN1CCN(c2cccc(Nc3ncc4c(=O)ccn(C5CCCCC5)c4n3)c2)CC1. The molecule has 1 aromatic carbocycles. The number of benzene rings is 1. The van der Waals surface area contributed by atoms with Crippen LogP contribution in [-0.2, 0) is 0 Å². The number of fused-ring (bicyclic) bond motifs is 1. The first-order valence-corrected chi connectivity index (χ1v) is 11.4. The van der Waals surface area contributed by atoms with Crippen LogP contribution in [0.15, 0.2) is 47.5 Å². The van der Waals surface area contributed by atoms with Crippen LogP contribution in [0.3, 0.4) is 0 Å². The summed E-state index contributed by atoms with van der Waals surface area (Å²) in [4.78, 5) is 26.4. The summed E-state index contributed by atoms with van der Waals surface area (Å²) in [5.41, 5.74) is 2.87. The van der Waals surface area contributed by atoms with Crippen LogP contribution in [0.25, 0.3) is 11.0 Å². The first-order chi connectivity index (χ1) is 15.2. The van der Waals surface area contributed by atoms with Gasteiger partial charge in [0.25, 0.3) is 0 Å². The summed E-state index contributed by atoms with van der Waals surface area (Å²) < 4.78 is 2.18. The number of nitrogens with zero attached hydrogens (tertiary/aromatic N) is 5. The molecule has 3 aromatic rings. The number of hydrogen-bond donors (Lipinski definition) is 1. The molecule has 0 amide bonds. The minimum Gasteiger partial charge on any atom is -0.369 e. The largest absolute Gasteiger partial charge is 0.369 e. The fraction of sp³-hybridized carbons (Fsp3) is 0.458. The molecule has 0 unspecified atom stereocenters. The Kier molecular flexibility index (Phi) is 5.59. The van der Waals surface area contributed by atoms with Crippen molar-refractivity contribution in [2.45, 2.75) is 38.1 Å². The molecular formula is C24H30N6O. The monoisotopic (exact) mass is 418 g/mol. The van der Waals surface area contributed by atoms with Crippen LogP contribution in [0.1, 0.15) is 38.1 Å². The Morgan fingerprint density at radius 3 is 2.65 bits per heavy atom. The molecule has 31 heavy (non-hydrogen) atoms. The highest BCUT2D eigenvalue weighted by Crippen LogP contribution is 2.30.